The number of carbonyl (C=O) groups is 1. The Balaban J connectivity index is 1.23. The van der Waals surface area contributed by atoms with E-state index in [9.17, 15) is 23.3 Å². The minimum atomic E-state index is -4.42. The first-order valence-corrected chi connectivity index (χ1v) is 19.2. The van der Waals surface area contributed by atoms with Crippen LogP contribution in [0.25, 0.3) is 0 Å². The van der Waals surface area contributed by atoms with Crippen molar-refractivity contribution >= 4 is 44.9 Å². The number of halogens is 2. The van der Waals surface area contributed by atoms with Gasteiger partial charge in [0.05, 0.1) is 33.0 Å². The highest BCUT2D eigenvalue weighted by molar-refractivity contribution is 7.89. The van der Waals surface area contributed by atoms with Crippen molar-refractivity contribution in [2.24, 2.45) is 0 Å². The van der Waals surface area contributed by atoms with E-state index in [1.807, 2.05) is 43.3 Å². The number of fused-ring (bicyclic) bond motifs is 1. The molecule has 0 N–H and O–H groups in total. The zero-order valence-electron chi connectivity index (χ0n) is 29.3. The van der Waals surface area contributed by atoms with Crippen molar-refractivity contribution < 1.29 is 37.1 Å². The van der Waals surface area contributed by atoms with Crippen molar-refractivity contribution in [3.8, 4) is 17.2 Å². The fraction of sp³-hybridized carbons (Fsp3) is 0.225. The van der Waals surface area contributed by atoms with Crippen molar-refractivity contribution in [1.29, 1.82) is 0 Å². The first-order valence-electron chi connectivity index (χ1n) is 17.0. The van der Waals surface area contributed by atoms with Gasteiger partial charge < -0.3 is 18.9 Å². The summed E-state index contributed by atoms with van der Waals surface area (Å²) in [5.74, 6) is 0.813. The number of rotatable bonds is 14. The Kier molecular flexibility index (Phi) is 12.1. The van der Waals surface area contributed by atoms with E-state index in [2.05, 4.69) is 0 Å². The van der Waals surface area contributed by atoms with E-state index >= 15 is 0 Å². The van der Waals surface area contributed by atoms with Crippen LogP contribution in [0.4, 0.5) is 5.69 Å². The molecule has 1 aliphatic rings. The van der Waals surface area contributed by atoms with Gasteiger partial charge in [-0.1, -0.05) is 84.7 Å². The molecule has 0 fully saturated rings. The molecule has 0 radical (unpaired) electrons. The predicted molar refractivity (Wildman–Crippen MR) is 204 cm³/mol. The van der Waals surface area contributed by atoms with Gasteiger partial charge in [0.25, 0.3) is 5.69 Å². The molecular weight excluding hydrogens is 755 g/mol. The van der Waals surface area contributed by atoms with Gasteiger partial charge in [0.2, 0.25) is 10.0 Å². The standard InChI is InChI=1S/C40H36Cl2N2O9S/c1-3-35(28-7-5-4-6-8-28)43(54(48,49)32-17-13-30(14-18-32)44(46)47)36(40(45)50-2)22-26-10-20-37-38(23-26)52-25-39(53-37)29-11-15-31(16-12-29)51-24-27-9-19-33(41)34(42)21-27/h4-21,23,35-36,39H,3,22,24-25H2,1-2H3/t35-,36?,39?/m0/s1. The zero-order valence-corrected chi connectivity index (χ0v) is 31.6. The normalized spacial score (nSPS) is 14.9. The number of methoxy groups -OCH3 is 1. The lowest BCUT2D eigenvalue weighted by Crippen LogP contribution is -2.48. The molecule has 14 heteroatoms. The second kappa shape index (κ2) is 16.9. The van der Waals surface area contributed by atoms with Crippen molar-refractivity contribution in [2.45, 2.75) is 49.5 Å². The summed E-state index contributed by atoms with van der Waals surface area (Å²) in [6, 6.07) is 29.5. The summed E-state index contributed by atoms with van der Waals surface area (Å²) in [6.07, 6.45) is -0.156. The largest absolute Gasteiger partial charge is 0.489 e. The second-order valence-corrected chi connectivity index (χ2v) is 15.1. The molecule has 0 bridgehead atoms. The Morgan fingerprint density at radius 1 is 0.907 bits per heavy atom. The number of hydrogen-bond acceptors (Lipinski definition) is 9. The number of nitro groups is 1. The maximum absolute atomic E-state index is 14.5. The lowest BCUT2D eigenvalue weighted by molar-refractivity contribution is -0.384. The molecule has 0 spiro atoms. The minimum Gasteiger partial charge on any atom is -0.489 e. The summed E-state index contributed by atoms with van der Waals surface area (Å²) < 4.78 is 53.6. The average Bonchev–Trinajstić information content (AvgIpc) is 3.19. The van der Waals surface area contributed by atoms with Crippen LogP contribution in [0.5, 0.6) is 17.2 Å². The molecule has 6 rings (SSSR count). The van der Waals surface area contributed by atoms with Crippen LogP contribution in [0.1, 0.15) is 47.7 Å². The van der Waals surface area contributed by atoms with Crippen LogP contribution < -0.4 is 14.2 Å². The van der Waals surface area contributed by atoms with Gasteiger partial charge in [0, 0.05) is 12.1 Å². The Hall–Kier alpha value is -5.14. The number of esters is 1. The van der Waals surface area contributed by atoms with Crippen LogP contribution in [0.2, 0.25) is 10.0 Å². The van der Waals surface area contributed by atoms with Gasteiger partial charge in [0.15, 0.2) is 17.6 Å². The van der Waals surface area contributed by atoms with Gasteiger partial charge >= 0.3 is 5.97 Å². The maximum Gasteiger partial charge on any atom is 0.324 e. The third-order valence-electron chi connectivity index (χ3n) is 9.02. The molecule has 11 nitrogen and oxygen atoms in total. The van der Waals surface area contributed by atoms with Crippen molar-refractivity contribution in [2.75, 3.05) is 13.7 Å². The monoisotopic (exact) mass is 790 g/mol. The Morgan fingerprint density at radius 2 is 1.61 bits per heavy atom. The highest BCUT2D eigenvalue weighted by Crippen LogP contribution is 2.39. The molecule has 3 atom stereocenters. The molecule has 1 heterocycles. The predicted octanol–water partition coefficient (Wildman–Crippen LogP) is 8.92. The summed E-state index contributed by atoms with van der Waals surface area (Å²) in [6.45, 7) is 2.34. The first-order chi connectivity index (χ1) is 26.0. The summed E-state index contributed by atoms with van der Waals surface area (Å²) in [7, 11) is -3.22. The van der Waals surface area contributed by atoms with Gasteiger partial charge in [-0.3, -0.25) is 14.9 Å². The number of nitro benzene ring substituents is 1. The van der Waals surface area contributed by atoms with E-state index in [4.69, 9.17) is 42.1 Å². The van der Waals surface area contributed by atoms with Gasteiger partial charge in [0.1, 0.15) is 25.0 Å². The van der Waals surface area contributed by atoms with Crippen LogP contribution in [0.15, 0.2) is 120 Å². The fourth-order valence-electron chi connectivity index (χ4n) is 6.27. The molecule has 1 aliphatic heterocycles. The van der Waals surface area contributed by atoms with E-state index < -0.39 is 39.1 Å². The van der Waals surface area contributed by atoms with Crippen LogP contribution in [-0.4, -0.2) is 43.4 Å². The molecule has 0 aliphatic carbocycles. The fourth-order valence-corrected chi connectivity index (χ4v) is 8.42. The van der Waals surface area contributed by atoms with Gasteiger partial charge in [-0.25, -0.2) is 8.42 Å². The molecule has 54 heavy (non-hydrogen) atoms. The third-order valence-corrected chi connectivity index (χ3v) is 11.7. The molecule has 2 unspecified atom stereocenters. The summed E-state index contributed by atoms with van der Waals surface area (Å²) in [5, 5.41) is 12.2. The van der Waals surface area contributed by atoms with Crippen molar-refractivity contribution in [1.82, 2.24) is 4.31 Å². The van der Waals surface area contributed by atoms with Crippen LogP contribution in [-0.2, 0) is 32.6 Å². The Bertz CT molecular complexity index is 2220. The molecular formula is C40H36Cl2N2O9S. The number of sulfonamides is 1. The molecule has 280 valence electrons. The lowest BCUT2D eigenvalue weighted by atomic mass is 10.00. The molecule has 0 saturated carbocycles. The van der Waals surface area contributed by atoms with Crippen LogP contribution >= 0.6 is 23.2 Å². The quantitative estimate of drug-likeness (QED) is 0.0614. The smallest absolute Gasteiger partial charge is 0.324 e. The molecule has 0 amide bonds. The van der Waals surface area contributed by atoms with E-state index in [1.165, 1.54) is 19.2 Å². The van der Waals surface area contributed by atoms with E-state index in [0.717, 1.165) is 27.6 Å². The number of non-ortho nitro benzene ring substituents is 1. The zero-order chi connectivity index (χ0) is 38.4. The number of benzene rings is 5. The molecule has 0 aromatic heterocycles. The van der Waals surface area contributed by atoms with E-state index in [1.54, 1.807) is 54.6 Å². The third kappa shape index (κ3) is 8.63. The van der Waals surface area contributed by atoms with Crippen LogP contribution in [0.3, 0.4) is 0 Å². The summed E-state index contributed by atoms with van der Waals surface area (Å²) in [4.78, 5) is 24.1. The molecule has 5 aromatic carbocycles. The van der Waals surface area contributed by atoms with Gasteiger partial charge in [-0.15, -0.1) is 0 Å². The Labute approximate surface area is 323 Å². The van der Waals surface area contributed by atoms with Gasteiger partial charge in [-0.2, -0.15) is 4.31 Å². The number of carbonyl (C=O) groups excluding carboxylic acids is 1. The minimum absolute atomic E-state index is 0.0635. The van der Waals surface area contributed by atoms with E-state index in [0.29, 0.717) is 51.4 Å². The highest BCUT2D eigenvalue weighted by atomic mass is 35.5. The molecule has 0 saturated heterocycles. The Morgan fingerprint density at radius 3 is 2.26 bits per heavy atom. The van der Waals surface area contributed by atoms with Crippen molar-refractivity contribution in [3.63, 3.8) is 0 Å². The average molecular weight is 792 g/mol. The number of ether oxygens (including phenoxy) is 4. The van der Waals surface area contributed by atoms with Gasteiger partial charge in [-0.05, 0) is 83.6 Å². The maximum atomic E-state index is 14.5. The SMILES string of the molecule is CC[C@@H](c1ccccc1)N(C(Cc1ccc2c(c1)OCC(c1ccc(OCc3ccc(Cl)c(Cl)c3)cc1)O2)C(=O)OC)S(=O)(=O)c1ccc([N+](=O)[O-])cc1. The highest BCUT2D eigenvalue weighted by Gasteiger charge is 2.42. The second-order valence-electron chi connectivity index (χ2n) is 12.5. The first kappa shape index (κ1) is 38.6. The molecule has 5 aromatic rings. The summed E-state index contributed by atoms with van der Waals surface area (Å²) >= 11 is 12.1. The number of nitrogens with zero attached hydrogens (tertiary/aromatic N) is 2. The lowest BCUT2D eigenvalue weighted by Gasteiger charge is -2.36. The number of hydrogen-bond donors (Lipinski definition) is 0. The van der Waals surface area contributed by atoms with Crippen LogP contribution in [0, 0.1) is 10.1 Å². The summed E-state index contributed by atoms with van der Waals surface area (Å²) in [5.41, 5.74) is 2.75. The topological polar surface area (TPSA) is 135 Å². The van der Waals surface area contributed by atoms with Crippen molar-refractivity contribution in [3.05, 3.63) is 158 Å². The van der Waals surface area contributed by atoms with E-state index in [-0.39, 0.29) is 23.6 Å².